The summed E-state index contributed by atoms with van der Waals surface area (Å²) in [4.78, 5) is 11.7. The Kier molecular flexibility index (Phi) is 5.97. The second-order valence-corrected chi connectivity index (χ2v) is 5.04. The van der Waals surface area contributed by atoms with Crippen molar-refractivity contribution < 1.29 is 4.79 Å². The number of aromatic amines is 1. The summed E-state index contributed by atoms with van der Waals surface area (Å²) in [5.74, 6) is 0.102. The lowest BCUT2D eigenvalue weighted by Crippen LogP contribution is -2.22. The van der Waals surface area contributed by atoms with E-state index in [2.05, 4.69) is 15.5 Å². The lowest BCUT2D eigenvalue weighted by atomic mass is 10.1. The summed E-state index contributed by atoms with van der Waals surface area (Å²) in [5, 5.41) is 9.80. The van der Waals surface area contributed by atoms with Gasteiger partial charge in [-0.2, -0.15) is 5.10 Å². The summed E-state index contributed by atoms with van der Waals surface area (Å²) >= 11 is 0. The van der Waals surface area contributed by atoms with Crippen LogP contribution in [0.2, 0.25) is 0 Å². The smallest absolute Gasteiger partial charge is 0.220 e. The first-order valence-electron chi connectivity index (χ1n) is 7.35. The van der Waals surface area contributed by atoms with E-state index in [9.17, 15) is 4.79 Å². The van der Waals surface area contributed by atoms with Crippen molar-refractivity contribution in [3.8, 4) is 11.3 Å². The third-order valence-electron chi connectivity index (χ3n) is 3.36. The van der Waals surface area contributed by atoms with Crippen LogP contribution in [0.3, 0.4) is 0 Å². The minimum atomic E-state index is 0.102. The van der Waals surface area contributed by atoms with Gasteiger partial charge in [-0.05, 0) is 36.6 Å². The number of rotatable bonds is 8. The summed E-state index contributed by atoms with van der Waals surface area (Å²) in [7, 11) is 0. The van der Waals surface area contributed by atoms with Gasteiger partial charge in [0.05, 0.1) is 5.69 Å². The van der Waals surface area contributed by atoms with E-state index in [1.807, 2.05) is 30.3 Å². The van der Waals surface area contributed by atoms with Crippen molar-refractivity contribution in [2.24, 2.45) is 5.73 Å². The lowest BCUT2D eigenvalue weighted by molar-refractivity contribution is -0.121. The number of aromatic nitrogens is 2. The molecule has 2 aromatic rings. The maximum atomic E-state index is 11.7. The Balaban J connectivity index is 1.75. The Bertz CT molecular complexity index is 534. The van der Waals surface area contributed by atoms with Gasteiger partial charge in [-0.25, -0.2) is 0 Å². The highest BCUT2D eigenvalue weighted by Crippen LogP contribution is 2.16. The van der Waals surface area contributed by atoms with Crippen LogP contribution in [0.4, 0.5) is 0 Å². The van der Waals surface area contributed by atoms with Gasteiger partial charge in [0.1, 0.15) is 0 Å². The first-order chi connectivity index (χ1) is 10.3. The number of hydrogen-bond donors (Lipinski definition) is 3. The van der Waals surface area contributed by atoms with Crippen molar-refractivity contribution in [3.63, 3.8) is 0 Å². The van der Waals surface area contributed by atoms with Gasteiger partial charge < -0.3 is 11.1 Å². The second-order valence-electron chi connectivity index (χ2n) is 5.04. The zero-order valence-corrected chi connectivity index (χ0v) is 12.1. The average molecular weight is 286 g/mol. The molecule has 2 rings (SSSR count). The van der Waals surface area contributed by atoms with Crippen LogP contribution >= 0.6 is 0 Å². The van der Waals surface area contributed by atoms with Crippen LogP contribution in [0.5, 0.6) is 0 Å². The number of carbonyl (C=O) groups is 1. The van der Waals surface area contributed by atoms with Crippen molar-refractivity contribution >= 4 is 5.91 Å². The van der Waals surface area contributed by atoms with E-state index in [4.69, 9.17) is 5.73 Å². The second kappa shape index (κ2) is 8.21. The maximum absolute atomic E-state index is 11.7. The van der Waals surface area contributed by atoms with E-state index in [0.717, 1.165) is 36.1 Å². The molecule has 112 valence electrons. The van der Waals surface area contributed by atoms with Crippen LogP contribution in [0.1, 0.15) is 31.2 Å². The Labute approximate surface area is 124 Å². The van der Waals surface area contributed by atoms with Gasteiger partial charge >= 0.3 is 0 Å². The summed E-state index contributed by atoms with van der Waals surface area (Å²) in [6.45, 7) is 1.27. The molecular weight excluding hydrogens is 264 g/mol. The number of nitrogens with one attached hydrogen (secondary N) is 2. The minimum Gasteiger partial charge on any atom is -0.352 e. The first-order valence-corrected chi connectivity index (χ1v) is 7.35. The molecule has 0 spiro atoms. The van der Waals surface area contributed by atoms with Gasteiger partial charge in [-0.15, -0.1) is 0 Å². The molecule has 0 aliphatic heterocycles. The van der Waals surface area contributed by atoms with Crippen molar-refractivity contribution in [1.29, 1.82) is 0 Å². The van der Waals surface area contributed by atoms with E-state index in [-0.39, 0.29) is 5.91 Å². The standard InChI is InChI=1S/C16H22N4O/c17-10-3-1-2-4-16(21)18-12-13-5-7-14(8-6-13)15-9-11-19-20-15/h5-9,11H,1-4,10,12,17H2,(H,18,21)(H,19,20). The van der Waals surface area contributed by atoms with Crippen molar-refractivity contribution in [2.45, 2.75) is 32.2 Å². The number of benzene rings is 1. The SMILES string of the molecule is NCCCCCC(=O)NCc1ccc(-c2ccn[nH]2)cc1. The third kappa shape index (κ3) is 5.04. The predicted molar refractivity (Wildman–Crippen MR) is 83.4 cm³/mol. The van der Waals surface area contributed by atoms with Gasteiger partial charge in [0.2, 0.25) is 5.91 Å². The molecule has 5 heteroatoms. The fourth-order valence-corrected chi connectivity index (χ4v) is 2.11. The first kappa shape index (κ1) is 15.3. The molecule has 0 saturated carbocycles. The number of nitrogens with zero attached hydrogens (tertiary/aromatic N) is 1. The van der Waals surface area contributed by atoms with Crippen LogP contribution < -0.4 is 11.1 Å². The summed E-state index contributed by atoms with van der Waals surface area (Å²) in [5.41, 5.74) is 8.59. The van der Waals surface area contributed by atoms with E-state index >= 15 is 0 Å². The lowest BCUT2D eigenvalue weighted by Gasteiger charge is -2.06. The molecule has 4 N–H and O–H groups in total. The van der Waals surface area contributed by atoms with E-state index in [1.165, 1.54) is 0 Å². The van der Waals surface area contributed by atoms with Crippen molar-refractivity contribution in [3.05, 3.63) is 42.1 Å². The maximum Gasteiger partial charge on any atom is 0.220 e. The molecule has 0 aliphatic carbocycles. The van der Waals surface area contributed by atoms with Gasteiger partial charge in [0, 0.05) is 19.2 Å². The van der Waals surface area contributed by atoms with Gasteiger partial charge in [0.15, 0.2) is 0 Å². The highest BCUT2D eigenvalue weighted by atomic mass is 16.1. The molecule has 0 saturated heterocycles. The summed E-state index contributed by atoms with van der Waals surface area (Å²) in [6.07, 6.45) is 5.22. The topological polar surface area (TPSA) is 83.8 Å². The quantitative estimate of drug-likeness (QED) is 0.650. The van der Waals surface area contributed by atoms with Crippen LogP contribution in [0.25, 0.3) is 11.3 Å². The number of carbonyl (C=O) groups excluding carboxylic acids is 1. The molecule has 1 aromatic heterocycles. The fraction of sp³-hybridized carbons (Fsp3) is 0.375. The Hall–Kier alpha value is -2.14. The molecule has 0 bridgehead atoms. The van der Waals surface area contributed by atoms with Gasteiger partial charge in [-0.1, -0.05) is 30.7 Å². The Morgan fingerprint density at radius 3 is 2.62 bits per heavy atom. The number of unbranched alkanes of at least 4 members (excludes halogenated alkanes) is 2. The molecule has 5 nitrogen and oxygen atoms in total. The highest BCUT2D eigenvalue weighted by Gasteiger charge is 2.02. The molecule has 1 amide bonds. The molecule has 1 aromatic carbocycles. The number of hydrogen-bond acceptors (Lipinski definition) is 3. The van der Waals surface area contributed by atoms with Crippen LogP contribution in [-0.2, 0) is 11.3 Å². The monoisotopic (exact) mass is 286 g/mol. The Morgan fingerprint density at radius 2 is 1.95 bits per heavy atom. The normalized spacial score (nSPS) is 10.5. The molecule has 0 radical (unpaired) electrons. The van der Waals surface area contributed by atoms with Gasteiger partial charge in [-0.3, -0.25) is 9.89 Å². The molecule has 21 heavy (non-hydrogen) atoms. The summed E-state index contributed by atoms with van der Waals surface area (Å²) < 4.78 is 0. The average Bonchev–Trinajstić information content (AvgIpc) is 3.04. The fourth-order valence-electron chi connectivity index (χ4n) is 2.11. The Morgan fingerprint density at radius 1 is 1.14 bits per heavy atom. The molecule has 0 unspecified atom stereocenters. The van der Waals surface area contributed by atoms with Crippen LogP contribution in [-0.4, -0.2) is 22.6 Å². The number of H-pyrrole nitrogens is 1. The molecule has 0 aliphatic rings. The van der Waals surface area contributed by atoms with Gasteiger partial charge in [0.25, 0.3) is 0 Å². The predicted octanol–water partition coefficient (Wildman–Crippen LogP) is 2.21. The minimum absolute atomic E-state index is 0.102. The highest BCUT2D eigenvalue weighted by molar-refractivity contribution is 5.75. The van der Waals surface area contributed by atoms with E-state index < -0.39 is 0 Å². The molecular formula is C16H22N4O. The largest absolute Gasteiger partial charge is 0.352 e. The zero-order valence-electron chi connectivity index (χ0n) is 12.1. The van der Waals surface area contributed by atoms with E-state index in [0.29, 0.717) is 19.5 Å². The molecule has 0 fully saturated rings. The van der Waals surface area contributed by atoms with Crippen molar-refractivity contribution in [2.75, 3.05) is 6.54 Å². The van der Waals surface area contributed by atoms with Crippen LogP contribution in [0, 0.1) is 0 Å². The molecule has 1 heterocycles. The van der Waals surface area contributed by atoms with Crippen molar-refractivity contribution in [1.82, 2.24) is 15.5 Å². The zero-order chi connectivity index (χ0) is 14.9. The number of amides is 1. The molecule has 0 atom stereocenters. The van der Waals surface area contributed by atoms with Crippen LogP contribution in [0.15, 0.2) is 36.5 Å². The summed E-state index contributed by atoms with van der Waals surface area (Å²) in [6, 6.07) is 10.0. The van der Waals surface area contributed by atoms with E-state index in [1.54, 1.807) is 6.20 Å². The third-order valence-corrected chi connectivity index (χ3v) is 3.36. The number of nitrogens with two attached hydrogens (primary N) is 1.